The maximum atomic E-state index is 5.32. The van der Waals surface area contributed by atoms with Gasteiger partial charge in [0.25, 0.3) is 0 Å². The van der Waals surface area contributed by atoms with Crippen molar-refractivity contribution in [2.75, 3.05) is 19.6 Å². The van der Waals surface area contributed by atoms with Crippen LogP contribution < -0.4 is 5.32 Å². The van der Waals surface area contributed by atoms with E-state index < -0.39 is 0 Å². The van der Waals surface area contributed by atoms with Crippen LogP contribution in [0.25, 0.3) is 0 Å². The van der Waals surface area contributed by atoms with Gasteiger partial charge in [0.2, 0.25) is 0 Å². The Balaban J connectivity index is 1.72. The molecule has 1 atom stereocenters. The molecule has 1 N–H and O–H groups in total. The van der Waals surface area contributed by atoms with Crippen LogP contribution in [0.3, 0.4) is 0 Å². The number of aromatic nitrogens is 1. The molecule has 0 radical (unpaired) electrons. The van der Waals surface area contributed by atoms with E-state index >= 15 is 0 Å². The summed E-state index contributed by atoms with van der Waals surface area (Å²) in [4.78, 5) is 2.59. The summed E-state index contributed by atoms with van der Waals surface area (Å²) in [5.41, 5.74) is 1.01. The third-order valence-electron chi connectivity index (χ3n) is 4.01. The van der Waals surface area contributed by atoms with E-state index in [9.17, 15) is 0 Å². The third-order valence-corrected chi connectivity index (χ3v) is 4.01. The molecular weight excluding hydrogens is 250 g/mol. The van der Waals surface area contributed by atoms with Gasteiger partial charge in [0.15, 0.2) is 0 Å². The first kappa shape index (κ1) is 15.5. The lowest BCUT2D eigenvalue weighted by atomic mass is 10.1. The van der Waals surface area contributed by atoms with Gasteiger partial charge in [0, 0.05) is 31.1 Å². The van der Waals surface area contributed by atoms with Crippen LogP contribution in [0.5, 0.6) is 0 Å². The molecule has 0 bridgehead atoms. The molecule has 0 unspecified atom stereocenters. The second-order valence-corrected chi connectivity index (χ2v) is 6.37. The fraction of sp³-hybridized carbons (Fsp3) is 0.812. The van der Waals surface area contributed by atoms with Crippen LogP contribution in [-0.2, 0) is 6.54 Å². The lowest BCUT2D eigenvalue weighted by Crippen LogP contribution is -2.39. The normalized spacial score (nSPS) is 19.2. The first-order valence-electron chi connectivity index (χ1n) is 8.06. The van der Waals surface area contributed by atoms with Crippen LogP contribution in [0.1, 0.15) is 63.8 Å². The predicted molar refractivity (Wildman–Crippen MR) is 81.8 cm³/mol. The number of nitrogens with one attached hydrogen (secondary N) is 1. The van der Waals surface area contributed by atoms with Crippen molar-refractivity contribution in [3.05, 3.63) is 17.5 Å². The first-order valence-corrected chi connectivity index (χ1v) is 8.06. The van der Waals surface area contributed by atoms with Gasteiger partial charge in [0.05, 0.1) is 5.69 Å². The minimum Gasteiger partial charge on any atom is -0.361 e. The zero-order valence-electron chi connectivity index (χ0n) is 13.2. The van der Waals surface area contributed by atoms with Crippen molar-refractivity contribution in [1.82, 2.24) is 15.4 Å². The molecule has 114 valence electrons. The van der Waals surface area contributed by atoms with Gasteiger partial charge >= 0.3 is 0 Å². The molecule has 4 nitrogen and oxygen atoms in total. The average Bonchev–Trinajstić information content (AvgIpc) is 2.75. The largest absolute Gasteiger partial charge is 0.361 e. The summed E-state index contributed by atoms with van der Waals surface area (Å²) in [5.74, 6) is 1.38. The Kier molecular flexibility index (Phi) is 6.05. The molecule has 2 rings (SSSR count). The number of nitrogens with zero attached hydrogens (tertiary/aromatic N) is 2. The van der Waals surface area contributed by atoms with Gasteiger partial charge < -0.3 is 14.7 Å². The van der Waals surface area contributed by atoms with Crippen LogP contribution in [-0.4, -0.2) is 35.7 Å². The smallest absolute Gasteiger partial charge is 0.139 e. The van der Waals surface area contributed by atoms with Gasteiger partial charge in [-0.05, 0) is 32.9 Å². The van der Waals surface area contributed by atoms with Crippen LogP contribution in [0.15, 0.2) is 10.6 Å². The highest BCUT2D eigenvalue weighted by molar-refractivity contribution is 5.08. The molecule has 1 aromatic rings. The quantitative estimate of drug-likeness (QED) is 0.868. The second kappa shape index (κ2) is 7.79. The van der Waals surface area contributed by atoms with E-state index in [0.29, 0.717) is 12.0 Å². The summed E-state index contributed by atoms with van der Waals surface area (Å²) >= 11 is 0. The Hall–Kier alpha value is -0.870. The standard InChI is InChI=1S/C16H29N3O/c1-13(2)16-10-15(18-20-16)11-17-14(3)12-19-8-6-4-5-7-9-19/h10,13-14,17H,4-9,11-12H2,1-3H3/t14-/m1/s1. The number of hydrogen-bond donors (Lipinski definition) is 1. The molecule has 1 saturated heterocycles. The van der Waals surface area contributed by atoms with Crippen molar-refractivity contribution >= 4 is 0 Å². The van der Waals surface area contributed by atoms with Crippen LogP contribution in [0, 0.1) is 0 Å². The molecule has 0 amide bonds. The Morgan fingerprint density at radius 3 is 2.50 bits per heavy atom. The van der Waals surface area contributed by atoms with Crippen LogP contribution in [0.2, 0.25) is 0 Å². The molecule has 0 aliphatic carbocycles. The predicted octanol–water partition coefficient (Wildman–Crippen LogP) is 3.15. The van der Waals surface area contributed by atoms with Crippen molar-refractivity contribution in [3.63, 3.8) is 0 Å². The molecular formula is C16H29N3O. The van der Waals surface area contributed by atoms with Gasteiger partial charge in [-0.2, -0.15) is 0 Å². The molecule has 1 aliphatic heterocycles. The molecule has 1 aliphatic rings. The van der Waals surface area contributed by atoms with E-state index in [4.69, 9.17) is 4.52 Å². The Morgan fingerprint density at radius 1 is 1.20 bits per heavy atom. The highest BCUT2D eigenvalue weighted by atomic mass is 16.5. The highest BCUT2D eigenvalue weighted by Crippen LogP contribution is 2.15. The molecule has 1 aromatic heterocycles. The summed E-state index contributed by atoms with van der Waals surface area (Å²) in [6.45, 7) is 11.0. The molecule has 4 heteroatoms. The maximum absolute atomic E-state index is 5.32. The van der Waals surface area contributed by atoms with Crippen LogP contribution >= 0.6 is 0 Å². The van der Waals surface area contributed by atoms with Crippen molar-refractivity contribution in [3.8, 4) is 0 Å². The zero-order chi connectivity index (χ0) is 14.4. The van der Waals surface area contributed by atoms with E-state index in [2.05, 4.69) is 42.2 Å². The molecule has 1 fully saturated rings. The van der Waals surface area contributed by atoms with Gasteiger partial charge in [-0.25, -0.2) is 0 Å². The zero-order valence-corrected chi connectivity index (χ0v) is 13.2. The van der Waals surface area contributed by atoms with Crippen LogP contribution in [0.4, 0.5) is 0 Å². The number of rotatable bonds is 6. The summed E-state index contributed by atoms with van der Waals surface area (Å²) in [7, 11) is 0. The number of hydrogen-bond acceptors (Lipinski definition) is 4. The monoisotopic (exact) mass is 279 g/mol. The topological polar surface area (TPSA) is 41.3 Å². The Bertz CT molecular complexity index is 381. The van der Waals surface area contributed by atoms with E-state index in [1.54, 1.807) is 0 Å². The maximum Gasteiger partial charge on any atom is 0.139 e. The molecule has 20 heavy (non-hydrogen) atoms. The average molecular weight is 279 g/mol. The summed E-state index contributed by atoms with van der Waals surface area (Å²) in [6.07, 6.45) is 5.51. The van der Waals surface area contributed by atoms with Gasteiger partial charge in [-0.1, -0.05) is 31.8 Å². The summed E-state index contributed by atoms with van der Waals surface area (Å²) in [6, 6.07) is 2.56. The number of likely N-dealkylation sites (tertiary alicyclic amines) is 1. The second-order valence-electron chi connectivity index (χ2n) is 6.37. The van der Waals surface area contributed by atoms with Crippen molar-refractivity contribution in [2.24, 2.45) is 0 Å². The summed E-state index contributed by atoms with van der Waals surface area (Å²) < 4.78 is 5.32. The highest BCUT2D eigenvalue weighted by Gasteiger charge is 2.13. The van der Waals surface area contributed by atoms with E-state index in [1.807, 2.05) is 0 Å². The minimum atomic E-state index is 0.408. The van der Waals surface area contributed by atoms with Crippen molar-refractivity contribution < 1.29 is 4.52 Å². The third kappa shape index (κ3) is 4.91. The van der Waals surface area contributed by atoms with Gasteiger partial charge in [-0.3, -0.25) is 0 Å². The fourth-order valence-corrected chi connectivity index (χ4v) is 2.73. The molecule has 0 aromatic carbocycles. The van der Waals surface area contributed by atoms with Crippen molar-refractivity contribution in [1.29, 1.82) is 0 Å². The van der Waals surface area contributed by atoms with E-state index in [0.717, 1.165) is 24.5 Å². The molecule has 0 saturated carbocycles. The van der Waals surface area contributed by atoms with E-state index in [-0.39, 0.29) is 0 Å². The van der Waals surface area contributed by atoms with Gasteiger partial charge in [-0.15, -0.1) is 0 Å². The van der Waals surface area contributed by atoms with Crippen molar-refractivity contribution in [2.45, 2.75) is 65.0 Å². The first-order chi connectivity index (χ1) is 9.65. The summed E-state index contributed by atoms with van der Waals surface area (Å²) in [5, 5.41) is 7.67. The lowest BCUT2D eigenvalue weighted by Gasteiger charge is -2.24. The van der Waals surface area contributed by atoms with E-state index in [1.165, 1.54) is 38.8 Å². The van der Waals surface area contributed by atoms with Gasteiger partial charge in [0.1, 0.15) is 5.76 Å². The molecule has 0 spiro atoms. The lowest BCUT2D eigenvalue weighted by molar-refractivity contribution is 0.255. The fourth-order valence-electron chi connectivity index (χ4n) is 2.73. The Labute approximate surface area is 122 Å². The SMILES string of the molecule is CC(C)c1cc(CN[C@H](C)CN2CCCCCC2)no1. The Morgan fingerprint density at radius 2 is 1.90 bits per heavy atom. The minimum absolute atomic E-state index is 0.408. The molecule has 2 heterocycles.